The van der Waals surface area contributed by atoms with Gasteiger partial charge in [0.1, 0.15) is 0 Å². The van der Waals surface area contributed by atoms with Crippen molar-refractivity contribution in [2.45, 2.75) is 0 Å². The van der Waals surface area contributed by atoms with Gasteiger partial charge in [-0.05, 0) is 29.8 Å². The van der Waals surface area contributed by atoms with Crippen molar-refractivity contribution in [1.29, 1.82) is 0 Å². The zero-order valence-corrected chi connectivity index (χ0v) is 11.8. The highest BCUT2D eigenvalue weighted by Gasteiger charge is 2.07. The zero-order chi connectivity index (χ0) is 14.5. The Kier molecular flexibility index (Phi) is 4.66. The predicted octanol–water partition coefficient (Wildman–Crippen LogP) is 4.83. The summed E-state index contributed by atoms with van der Waals surface area (Å²) in [7, 11) is 0. The molecule has 2 aromatic carbocycles. The van der Waals surface area contributed by atoms with Crippen molar-refractivity contribution in [1.82, 2.24) is 0 Å². The predicted molar refractivity (Wildman–Crippen MR) is 82.9 cm³/mol. The standard InChI is InChI=1S/C15H11Cl2NO2/c16-11-5-3-6-12(17)15(11)18-13-7-2-1-4-10(13)8-9-14(19)20/h1-9,18H,(H,19,20)/b9-8+. The monoisotopic (exact) mass is 307 g/mol. The summed E-state index contributed by atoms with van der Waals surface area (Å²) in [5, 5.41) is 12.8. The van der Waals surface area contributed by atoms with E-state index in [-0.39, 0.29) is 0 Å². The van der Waals surface area contributed by atoms with E-state index in [0.717, 1.165) is 17.3 Å². The van der Waals surface area contributed by atoms with Crippen LogP contribution < -0.4 is 5.32 Å². The molecule has 0 spiro atoms. The van der Waals surface area contributed by atoms with Gasteiger partial charge in [-0.1, -0.05) is 47.5 Å². The summed E-state index contributed by atoms with van der Waals surface area (Å²) in [6.07, 6.45) is 2.59. The number of carboxylic acid groups (broad SMARTS) is 1. The third-order valence-corrected chi connectivity index (χ3v) is 3.22. The quantitative estimate of drug-likeness (QED) is 0.795. The van der Waals surface area contributed by atoms with E-state index < -0.39 is 5.97 Å². The largest absolute Gasteiger partial charge is 0.478 e. The van der Waals surface area contributed by atoms with Gasteiger partial charge in [0.05, 0.1) is 15.7 Å². The summed E-state index contributed by atoms with van der Waals surface area (Å²) < 4.78 is 0. The fraction of sp³-hybridized carbons (Fsp3) is 0. The zero-order valence-electron chi connectivity index (χ0n) is 10.3. The summed E-state index contributed by atoms with van der Waals surface area (Å²) in [6.45, 7) is 0. The van der Waals surface area contributed by atoms with Crippen LogP contribution in [0.1, 0.15) is 5.56 Å². The van der Waals surface area contributed by atoms with E-state index >= 15 is 0 Å². The van der Waals surface area contributed by atoms with E-state index in [4.69, 9.17) is 28.3 Å². The second-order valence-electron chi connectivity index (χ2n) is 3.98. The molecule has 2 rings (SSSR count). The van der Waals surface area contributed by atoms with E-state index in [1.165, 1.54) is 6.08 Å². The van der Waals surface area contributed by atoms with Gasteiger partial charge in [0, 0.05) is 11.8 Å². The molecule has 0 atom stereocenters. The maximum Gasteiger partial charge on any atom is 0.328 e. The van der Waals surface area contributed by atoms with Crippen LogP contribution in [-0.4, -0.2) is 11.1 Å². The molecule has 20 heavy (non-hydrogen) atoms. The second-order valence-corrected chi connectivity index (χ2v) is 4.79. The molecule has 2 N–H and O–H groups in total. The van der Waals surface area contributed by atoms with Gasteiger partial charge >= 0.3 is 5.97 Å². The lowest BCUT2D eigenvalue weighted by atomic mass is 10.1. The first-order valence-corrected chi connectivity index (χ1v) is 6.54. The third-order valence-electron chi connectivity index (χ3n) is 2.59. The van der Waals surface area contributed by atoms with Crippen molar-refractivity contribution in [2.24, 2.45) is 0 Å². The van der Waals surface area contributed by atoms with Crippen LogP contribution in [0.2, 0.25) is 10.0 Å². The summed E-state index contributed by atoms with van der Waals surface area (Å²) in [4.78, 5) is 10.6. The van der Waals surface area contributed by atoms with Gasteiger partial charge in [-0.2, -0.15) is 0 Å². The van der Waals surface area contributed by atoms with Crippen LogP contribution in [0.25, 0.3) is 6.08 Å². The summed E-state index contributed by atoms with van der Waals surface area (Å²) >= 11 is 12.2. The lowest BCUT2D eigenvalue weighted by Gasteiger charge is -2.12. The van der Waals surface area contributed by atoms with E-state index in [1.807, 2.05) is 18.2 Å². The highest BCUT2D eigenvalue weighted by Crippen LogP contribution is 2.33. The summed E-state index contributed by atoms with van der Waals surface area (Å²) in [5.74, 6) is -1.00. The number of carboxylic acids is 1. The topological polar surface area (TPSA) is 49.3 Å². The van der Waals surface area contributed by atoms with Gasteiger partial charge in [-0.15, -0.1) is 0 Å². The van der Waals surface area contributed by atoms with Crippen LogP contribution in [0.15, 0.2) is 48.5 Å². The Morgan fingerprint density at radius 1 is 1.05 bits per heavy atom. The number of nitrogens with one attached hydrogen (secondary N) is 1. The number of hydrogen-bond acceptors (Lipinski definition) is 2. The second kappa shape index (κ2) is 6.46. The molecule has 0 fully saturated rings. The molecule has 0 bridgehead atoms. The number of hydrogen-bond donors (Lipinski definition) is 2. The highest BCUT2D eigenvalue weighted by molar-refractivity contribution is 6.39. The lowest BCUT2D eigenvalue weighted by molar-refractivity contribution is -0.131. The van der Waals surface area contributed by atoms with Gasteiger partial charge in [0.2, 0.25) is 0 Å². The van der Waals surface area contributed by atoms with E-state index in [0.29, 0.717) is 15.7 Å². The van der Waals surface area contributed by atoms with Crippen molar-refractivity contribution >= 4 is 46.6 Å². The van der Waals surface area contributed by atoms with Crippen molar-refractivity contribution < 1.29 is 9.90 Å². The van der Waals surface area contributed by atoms with Crippen LogP contribution in [-0.2, 0) is 4.79 Å². The molecule has 0 saturated carbocycles. The van der Waals surface area contributed by atoms with Crippen LogP contribution >= 0.6 is 23.2 Å². The first-order valence-electron chi connectivity index (χ1n) is 5.79. The molecular weight excluding hydrogens is 297 g/mol. The maximum atomic E-state index is 10.6. The molecule has 0 aromatic heterocycles. The molecule has 0 radical (unpaired) electrons. The van der Waals surface area contributed by atoms with Gasteiger partial charge in [0.15, 0.2) is 0 Å². The highest BCUT2D eigenvalue weighted by atomic mass is 35.5. The Morgan fingerprint density at radius 2 is 1.70 bits per heavy atom. The Balaban J connectivity index is 2.37. The molecule has 0 aliphatic heterocycles. The van der Waals surface area contributed by atoms with Gasteiger partial charge in [-0.25, -0.2) is 4.79 Å². The maximum absolute atomic E-state index is 10.6. The summed E-state index contributed by atoms with van der Waals surface area (Å²) in [6, 6.07) is 12.5. The normalized spacial score (nSPS) is 10.7. The number of carbonyl (C=O) groups is 1. The number of anilines is 2. The average Bonchev–Trinajstić information content (AvgIpc) is 2.42. The van der Waals surface area contributed by atoms with Crippen LogP contribution in [0.5, 0.6) is 0 Å². The Bertz CT molecular complexity index is 648. The van der Waals surface area contributed by atoms with Gasteiger partial charge in [-0.3, -0.25) is 0 Å². The Hall–Kier alpha value is -1.97. The molecule has 0 heterocycles. The molecule has 0 aliphatic rings. The minimum atomic E-state index is -1.00. The van der Waals surface area contributed by atoms with Crippen LogP contribution in [0, 0.1) is 0 Å². The number of rotatable bonds is 4. The molecule has 0 saturated heterocycles. The van der Waals surface area contributed by atoms with E-state index in [2.05, 4.69) is 5.32 Å². The van der Waals surface area contributed by atoms with Crippen molar-refractivity contribution in [3.8, 4) is 0 Å². The van der Waals surface area contributed by atoms with Crippen LogP contribution in [0.4, 0.5) is 11.4 Å². The van der Waals surface area contributed by atoms with Crippen LogP contribution in [0.3, 0.4) is 0 Å². The fourth-order valence-corrected chi connectivity index (χ4v) is 2.16. The van der Waals surface area contributed by atoms with Crippen molar-refractivity contribution in [3.63, 3.8) is 0 Å². The Labute approximate surface area is 126 Å². The number of halogens is 2. The number of benzene rings is 2. The summed E-state index contributed by atoms with van der Waals surface area (Å²) in [5.41, 5.74) is 2.04. The Morgan fingerprint density at radius 3 is 2.35 bits per heavy atom. The molecule has 0 aliphatic carbocycles. The molecule has 102 valence electrons. The molecule has 0 amide bonds. The molecule has 5 heteroatoms. The van der Waals surface area contributed by atoms with Crippen molar-refractivity contribution in [3.05, 3.63) is 64.1 Å². The minimum absolute atomic E-state index is 0.495. The first kappa shape index (κ1) is 14.4. The molecular formula is C15H11Cl2NO2. The molecule has 3 nitrogen and oxygen atoms in total. The molecule has 0 unspecified atom stereocenters. The third kappa shape index (κ3) is 3.53. The number of para-hydroxylation sites is 2. The lowest BCUT2D eigenvalue weighted by Crippen LogP contribution is -1.95. The molecule has 2 aromatic rings. The van der Waals surface area contributed by atoms with Crippen molar-refractivity contribution in [2.75, 3.05) is 5.32 Å². The first-order chi connectivity index (χ1) is 9.58. The minimum Gasteiger partial charge on any atom is -0.478 e. The number of aliphatic carboxylic acids is 1. The fourth-order valence-electron chi connectivity index (χ4n) is 1.67. The SMILES string of the molecule is O=C(O)/C=C/c1ccccc1Nc1c(Cl)cccc1Cl. The van der Waals surface area contributed by atoms with Gasteiger partial charge in [0.25, 0.3) is 0 Å². The average molecular weight is 308 g/mol. The van der Waals surface area contributed by atoms with Gasteiger partial charge < -0.3 is 10.4 Å². The van der Waals surface area contributed by atoms with E-state index in [9.17, 15) is 4.79 Å². The van der Waals surface area contributed by atoms with E-state index in [1.54, 1.807) is 24.3 Å². The smallest absolute Gasteiger partial charge is 0.328 e.